The van der Waals surface area contributed by atoms with Crippen LogP contribution in [-0.2, 0) is 27.4 Å². The summed E-state index contributed by atoms with van der Waals surface area (Å²) in [5.74, 6) is 0.0646. The van der Waals surface area contributed by atoms with E-state index >= 15 is 0 Å². The van der Waals surface area contributed by atoms with Crippen LogP contribution in [0.2, 0.25) is 0 Å². The first-order valence-electron chi connectivity index (χ1n) is 13.6. The van der Waals surface area contributed by atoms with Gasteiger partial charge in [0, 0.05) is 28.9 Å². The van der Waals surface area contributed by atoms with Gasteiger partial charge in [0.1, 0.15) is 11.9 Å². The molecule has 41 heavy (non-hydrogen) atoms. The van der Waals surface area contributed by atoms with E-state index in [1.165, 1.54) is 14.2 Å². The minimum Gasteiger partial charge on any atom is -0.507 e. The molecule has 5 unspecified atom stereocenters. The topological polar surface area (TPSA) is 177 Å². The smallest absolute Gasteiger partial charge is 0.229 e. The lowest BCUT2D eigenvalue weighted by Gasteiger charge is -2.40. The van der Waals surface area contributed by atoms with Crippen molar-refractivity contribution in [1.29, 1.82) is 0 Å². The Labute approximate surface area is 237 Å². The number of aromatic hydroxyl groups is 1. The van der Waals surface area contributed by atoms with Crippen molar-refractivity contribution in [3.05, 3.63) is 46.5 Å². The summed E-state index contributed by atoms with van der Waals surface area (Å²) in [6.07, 6.45) is -5.27. The molecule has 0 saturated carbocycles. The fourth-order valence-electron chi connectivity index (χ4n) is 6.10. The summed E-state index contributed by atoms with van der Waals surface area (Å²) in [7, 11) is 2.93. The highest BCUT2D eigenvalue weighted by Crippen LogP contribution is 2.53. The lowest BCUT2D eigenvalue weighted by molar-refractivity contribution is -0.261. The second kappa shape index (κ2) is 12.3. The van der Waals surface area contributed by atoms with Crippen molar-refractivity contribution in [2.24, 2.45) is 17.8 Å². The molecular weight excluding hydrogens is 540 g/mol. The van der Waals surface area contributed by atoms with Gasteiger partial charge < -0.3 is 59.1 Å². The third kappa shape index (κ3) is 5.35. The van der Waals surface area contributed by atoms with Crippen LogP contribution in [0.25, 0.3) is 0 Å². The van der Waals surface area contributed by atoms with E-state index in [4.69, 9.17) is 28.4 Å². The number of fused-ring (bicyclic) bond motifs is 1. The molecule has 0 radical (unpaired) electrons. The van der Waals surface area contributed by atoms with Crippen LogP contribution < -0.4 is 14.2 Å². The summed E-state index contributed by atoms with van der Waals surface area (Å²) in [5.41, 5.74) is 2.14. The van der Waals surface area contributed by atoms with Crippen molar-refractivity contribution in [1.82, 2.24) is 0 Å². The minimum absolute atomic E-state index is 0.0276. The molecule has 2 aromatic carbocycles. The van der Waals surface area contributed by atoms with Gasteiger partial charge in [-0.25, -0.2) is 0 Å². The van der Waals surface area contributed by atoms with E-state index in [0.29, 0.717) is 35.8 Å². The van der Waals surface area contributed by atoms with Crippen molar-refractivity contribution in [3.8, 4) is 23.0 Å². The summed E-state index contributed by atoms with van der Waals surface area (Å²) in [5, 5.41) is 60.3. The van der Waals surface area contributed by atoms with Gasteiger partial charge in [0.15, 0.2) is 11.5 Å². The van der Waals surface area contributed by atoms with Gasteiger partial charge in [0.2, 0.25) is 12.0 Å². The average Bonchev–Trinajstić information content (AvgIpc) is 3.60. The zero-order valence-corrected chi connectivity index (χ0v) is 23.2. The Kier molecular flexibility index (Phi) is 8.92. The van der Waals surface area contributed by atoms with Crippen LogP contribution in [0.5, 0.6) is 23.0 Å². The normalized spacial score (nSPS) is 33.0. The number of rotatable bonds is 9. The van der Waals surface area contributed by atoms with Gasteiger partial charge in [-0.05, 0) is 35.4 Å². The number of hydrogen-bond acceptors (Lipinski definition) is 12. The molecule has 3 aliphatic heterocycles. The van der Waals surface area contributed by atoms with E-state index < -0.39 is 30.5 Å². The number of hydrogen-bond donors (Lipinski definition) is 6. The molecule has 0 aliphatic carbocycles. The number of aliphatic hydroxyl groups excluding tert-OH is 5. The van der Waals surface area contributed by atoms with Crippen molar-refractivity contribution >= 4 is 0 Å². The minimum atomic E-state index is -1.37. The highest BCUT2D eigenvalue weighted by molar-refractivity contribution is 5.55. The van der Waals surface area contributed by atoms with Crippen molar-refractivity contribution < 1.29 is 59.1 Å². The zero-order chi connectivity index (χ0) is 29.4. The van der Waals surface area contributed by atoms with Gasteiger partial charge in [-0.1, -0.05) is 6.92 Å². The van der Waals surface area contributed by atoms with Crippen LogP contribution in [0.3, 0.4) is 0 Å². The van der Waals surface area contributed by atoms with E-state index in [-0.39, 0.29) is 55.4 Å². The first kappa shape index (κ1) is 29.8. The van der Waals surface area contributed by atoms with Crippen LogP contribution in [0.15, 0.2) is 24.3 Å². The number of methoxy groups -OCH3 is 2. The standard InChI is InChI=1S/C29H38O12/c1-13-22(10-32)40-29(25(35)23(13)33)41-28-20(36-2)6-15(7-21(28)37-3)27-19-12-38-26(18(19)11-39-27)14-4-16(8-30)24(34)17(5-14)9-31/h4-7,13,18-19,22-23,25-27,29-35H,8-12H2,1-3H3/t13-,18?,19?,22-,23+,25-,26?,27?,29?/m1/s1. The average molecular weight is 579 g/mol. The largest absolute Gasteiger partial charge is 0.507 e. The van der Waals surface area contributed by atoms with Gasteiger partial charge >= 0.3 is 0 Å². The number of ether oxygens (including phenoxy) is 6. The molecule has 3 aliphatic rings. The SMILES string of the molecule is COc1cc(C2OCC3C(c4cc(CO)c(O)c(CO)c4)OCC23)cc(OC)c1OC1O[C@H](CO)[C@@H](C)[C@H](O)[C@H]1O. The van der Waals surface area contributed by atoms with Gasteiger partial charge in [0.05, 0.1) is 71.7 Å². The number of phenols is 1. The highest BCUT2D eigenvalue weighted by Gasteiger charge is 2.49. The zero-order valence-electron chi connectivity index (χ0n) is 23.2. The molecule has 226 valence electrons. The summed E-state index contributed by atoms with van der Waals surface area (Å²) in [4.78, 5) is 0. The van der Waals surface area contributed by atoms with Gasteiger partial charge in [-0.3, -0.25) is 0 Å². The Morgan fingerprint density at radius 2 is 1.32 bits per heavy atom. The van der Waals surface area contributed by atoms with E-state index in [1.54, 1.807) is 31.2 Å². The summed E-state index contributed by atoms with van der Waals surface area (Å²) < 4.78 is 35.4. The third-order valence-electron chi connectivity index (χ3n) is 8.51. The maximum Gasteiger partial charge on any atom is 0.229 e. The van der Waals surface area contributed by atoms with E-state index in [0.717, 1.165) is 11.1 Å². The molecule has 2 aromatic rings. The van der Waals surface area contributed by atoms with Crippen LogP contribution in [0.1, 0.15) is 41.4 Å². The van der Waals surface area contributed by atoms with Crippen LogP contribution in [0.4, 0.5) is 0 Å². The van der Waals surface area contributed by atoms with E-state index in [2.05, 4.69) is 0 Å². The Morgan fingerprint density at radius 1 is 0.805 bits per heavy atom. The Hall–Kier alpha value is -2.68. The molecule has 0 amide bonds. The molecule has 3 heterocycles. The van der Waals surface area contributed by atoms with E-state index in [1.807, 2.05) is 0 Å². The van der Waals surface area contributed by atoms with Gasteiger partial charge in [-0.2, -0.15) is 0 Å². The van der Waals surface area contributed by atoms with Gasteiger partial charge in [-0.15, -0.1) is 0 Å². The van der Waals surface area contributed by atoms with Crippen LogP contribution in [0, 0.1) is 17.8 Å². The predicted molar refractivity (Wildman–Crippen MR) is 141 cm³/mol. The fraction of sp³-hybridized carbons (Fsp3) is 0.586. The Bertz CT molecular complexity index is 1170. The second-order valence-corrected chi connectivity index (χ2v) is 10.8. The lowest BCUT2D eigenvalue weighted by atomic mass is 9.84. The molecule has 9 atom stereocenters. The maximum atomic E-state index is 10.6. The Morgan fingerprint density at radius 3 is 1.78 bits per heavy atom. The molecular formula is C29H38O12. The maximum absolute atomic E-state index is 10.6. The summed E-state index contributed by atoms with van der Waals surface area (Å²) in [6.45, 7) is 1.37. The molecule has 12 nitrogen and oxygen atoms in total. The quantitative estimate of drug-likeness (QED) is 0.248. The predicted octanol–water partition coefficient (Wildman–Crippen LogP) is 0.923. The summed E-state index contributed by atoms with van der Waals surface area (Å²) >= 11 is 0. The number of benzene rings is 2. The number of aliphatic hydroxyl groups is 5. The van der Waals surface area contributed by atoms with Crippen molar-refractivity contribution in [2.45, 2.75) is 56.9 Å². The van der Waals surface area contributed by atoms with Crippen molar-refractivity contribution in [2.75, 3.05) is 34.0 Å². The molecule has 0 bridgehead atoms. The molecule has 0 aromatic heterocycles. The second-order valence-electron chi connectivity index (χ2n) is 10.8. The third-order valence-corrected chi connectivity index (χ3v) is 8.51. The first-order valence-corrected chi connectivity index (χ1v) is 13.6. The van der Waals surface area contributed by atoms with Crippen LogP contribution >= 0.6 is 0 Å². The van der Waals surface area contributed by atoms with E-state index in [9.17, 15) is 30.6 Å². The lowest BCUT2D eigenvalue weighted by Crippen LogP contribution is -2.56. The molecule has 3 fully saturated rings. The molecule has 0 spiro atoms. The highest BCUT2D eigenvalue weighted by atomic mass is 16.7. The van der Waals surface area contributed by atoms with Gasteiger partial charge in [0.25, 0.3) is 0 Å². The molecule has 12 heteroatoms. The first-order chi connectivity index (χ1) is 19.8. The molecule has 6 N–H and O–H groups in total. The monoisotopic (exact) mass is 578 g/mol. The summed E-state index contributed by atoms with van der Waals surface area (Å²) in [6, 6.07) is 6.89. The fourth-order valence-corrected chi connectivity index (χ4v) is 6.10. The van der Waals surface area contributed by atoms with Crippen LogP contribution in [-0.4, -0.2) is 89.3 Å². The van der Waals surface area contributed by atoms with Crippen molar-refractivity contribution in [3.63, 3.8) is 0 Å². The molecule has 3 saturated heterocycles. The molecule has 5 rings (SSSR count). The Balaban J connectivity index is 1.40.